The van der Waals surface area contributed by atoms with Crippen LogP contribution in [0.4, 0.5) is 11.4 Å². The van der Waals surface area contributed by atoms with Crippen LogP contribution in [0, 0.1) is 10.1 Å². The van der Waals surface area contributed by atoms with Crippen LogP contribution in [0.25, 0.3) is 0 Å². The van der Waals surface area contributed by atoms with Gasteiger partial charge in [0.25, 0.3) is 11.6 Å². The molecule has 0 fully saturated rings. The monoisotopic (exact) mass is 494 g/mol. The van der Waals surface area contributed by atoms with E-state index in [4.69, 9.17) is 0 Å². The number of ketones is 1. The number of anilines is 1. The molecule has 0 bridgehead atoms. The number of rotatable bonds is 7. The largest absolute Gasteiger partial charge is 0.375 e. The molecule has 3 aromatic rings. The maximum absolute atomic E-state index is 13.3. The summed E-state index contributed by atoms with van der Waals surface area (Å²) >= 11 is 3.38. The first kappa shape index (κ1) is 21.9. The van der Waals surface area contributed by atoms with Crippen LogP contribution in [0.1, 0.15) is 27.9 Å². The van der Waals surface area contributed by atoms with E-state index in [-0.39, 0.29) is 11.3 Å². The van der Waals surface area contributed by atoms with E-state index in [0.29, 0.717) is 28.7 Å². The summed E-state index contributed by atoms with van der Waals surface area (Å²) in [5, 5.41) is 22.3. The van der Waals surface area contributed by atoms with Crippen molar-refractivity contribution in [1.29, 1.82) is 0 Å². The zero-order chi connectivity index (χ0) is 22.9. The minimum absolute atomic E-state index is 0.140. The topological polar surface area (TPSA) is 101 Å². The first-order chi connectivity index (χ1) is 15.3. The molecule has 4 rings (SSSR count). The molecule has 0 saturated carbocycles. The van der Waals surface area contributed by atoms with Crippen LogP contribution >= 0.6 is 15.9 Å². The van der Waals surface area contributed by atoms with Crippen molar-refractivity contribution < 1.29 is 19.6 Å². The van der Waals surface area contributed by atoms with Gasteiger partial charge < -0.3 is 10.0 Å². The number of nitrogens with zero attached hydrogens (tertiary/aromatic N) is 2. The fourth-order valence-electron chi connectivity index (χ4n) is 3.90. The average molecular weight is 495 g/mol. The van der Waals surface area contributed by atoms with E-state index in [2.05, 4.69) is 15.9 Å². The van der Waals surface area contributed by atoms with Crippen LogP contribution in [-0.4, -0.2) is 28.3 Å². The predicted molar refractivity (Wildman–Crippen MR) is 123 cm³/mol. The average Bonchev–Trinajstić information content (AvgIpc) is 2.99. The van der Waals surface area contributed by atoms with E-state index in [9.17, 15) is 24.8 Å². The van der Waals surface area contributed by atoms with Gasteiger partial charge in [-0.05, 0) is 42.3 Å². The SMILES string of the molecule is O=C(CC1(O)C(=O)N(CCc2ccccc2)c2ccc(Br)cc21)c1ccc([N+](=O)[O-])cc1. The van der Waals surface area contributed by atoms with Gasteiger partial charge in [-0.25, -0.2) is 0 Å². The summed E-state index contributed by atoms with van der Waals surface area (Å²) in [5.41, 5.74) is 0.00800. The quantitative estimate of drug-likeness (QED) is 0.297. The first-order valence-corrected chi connectivity index (χ1v) is 10.7. The Hall–Kier alpha value is -3.36. The molecule has 7 nitrogen and oxygen atoms in total. The number of amides is 1. The molecular weight excluding hydrogens is 476 g/mol. The molecule has 162 valence electrons. The standard InChI is InChI=1S/C24H19BrN2O5/c25-18-8-11-21-20(14-18)24(30,15-22(28)17-6-9-19(10-7-17)27(31)32)23(29)26(21)13-12-16-4-2-1-3-5-16/h1-11,14,30H,12-13,15H2. The molecule has 0 spiro atoms. The number of benzene rings is 3. The minimum Gasteiger partial charge on any atom is -0.375 e. The Morgan fingerprint density at radius 2 is 1.75 bits per heavy atom. The van der Waals surface area contributed by atoms with Gasteiger partial charge in [0.15, 0.2) is 11.4 Å². The minimum atomic E-state index is -2.02. The van der Waals surface area contributed by atoms with Gasteiger partial charge in [-0.3, -0.25) is 19.7 Å². The lowest BCUT2D eigenvalue weighted by Gasteiger charge is -2.23. The molecular formula is C24H19BrN2O5. The maximum atomic E-state index is 13.3. The molecule has 0 aliphatic carbocycles. The van der Waals surface area contributed by atoms with Crippen LogP contribution < -0.4 is 4.90 Å². The lowest BCUT2D eigenvalue weighted by Crippen LogP contribution is -2.42. The molecule has 1 aliphatic rings. The third kappa shape index (κ3) is 4.06. The van der Waals surface area contributed by atoms with E-state index in [0.717, 1.165) is 5.56 Å². The smallest absolute Gasteiger partial charge is 0.269 e. The second-order valence-electron chi connectivity index (χ2n) is 7.62. The Labute approximate surface area is 192 Å². The fourth-order valence-corrected chi connectivity index (χ4v) is 4.27. The Balaban J connectivity index is 1.62. The number of nitro groups is 1. The molecule has 3 aromatic carbocycles. The van der Waals surface area contributed by atoms with Crippen molar-refractivity contribution in [3.05, 3.63) is 104 Å². The van der Waals surface area contributed by atoms with E-state index < -0.39 is 28.6 Å². The molecule has 1 atom stereocenters. The van der Waals surface area contributed by atoms with Gasteiger partial charge in [-0.1, -0.05) is 46.3 Å². The van der Waals surface area contributed by atoms with Gasteiger partial charge in [0, 0.05) is 34.3 Å². The third-order valence-electron chi connectivity index (χ3n) is 5.58. The van der Waals surface area contributed by atoms with Gasteiger partial charge in [-0.2, -0.15) is 0 Å². The summed E-state index contributed by atoms with van der Waals surface area (Å²) in [6.07, 6.45) is 0.128. The molecule has 0 saturated heterocycles. The van der Waals surface area contributed by atoms with Crippen LogP contribution in [0.2, 0.25) is 0 Å². The molecule has 0 aromatic heterocycles. The van der Waals surface area contributed by atoms with E-state index in [1.165, 1.54) is 29.2 Å². The van der Waals surface area contributed by atoms with E-state index in [1.54, 1.807) is 18.2 Å². The molecule has 1 N–H and O–H groups in total. The molecule has 1 heterocycles. The van der Waals surface area contributed by atoms with Crippen molar-refractivity contribution in [2.24, 2.45) is 0 Å². The van der Waals surface area contributed by atoms with Crippen molar-refractivity contribution in [2.45, 2.75) is 18.4 Å². The summed E-state index contributed by atoms with van der Waals surface area (Å²) in [7, 11) is 0. The number of non-ortho nitro benzene ring substituents is 1. The van der Waals surface area contributed by atoms with Crippen LogP contribution in [0.5, 0.6) is 0 Å². The molecule has 0 radical (unpaired) electrons. The number of carbonyl (C=O) groups excluding carboxylic acids is 2. The van der Waals surface area contributed by atoms with Crippen molar-refractivity contribution in [2.75, 3.05) is 11.4 Å². The zero-order valence-corrected chi connectivity index (χ0v) is 18.5. The van der Waals surface area contributed by atoms with Gasteiger partial charge in [0.2, 0.25) is 0 Å². The van der Waals surface area contributed by atoms with Gasteiger partial charge in [0.1, 0.15) is 0 Å². The number of Topliss-reactive ketones (excluding diaryl/α,β-unsaturated/α-hetero) is 1. The van der Waals surface area contributed by atoms with Crippen LogP contribution in [0.3, 0.4) is 0 Å². The van der Waals surface area contributed by atoms with Crippen LogP contribution in [0.15, 0.2) is 77.3 Å². The molecule has 1 amide bonds. The number of fused-ring (bicyclic) bond motifs is 1. The Kier molecular flexibility index (Phi) is 5.90. The number of hydrogen-bond acceptors (Lipinski definition) is 5. The normalized spacial score (nSPS) is 17.3. The summed E-state index contributed by atoms with van der Waals surface area (Å²) in [6, 6.07) is 20.0. The highest BCUT2D eigenvalue weighted by Crippen LogP contribution is 2.44. The second kappa shape index (κ2) is 8.64. The molecule has 32 heavy (non-hydrogen) atoms. The van der Waals surface area contributed by atoms with Gasteiger partial charge in [0.05, 0.1) is 17.0 Å². The highest BCUT2D eigenvalue weighted by atomic mass is 79.9. The molecule has 1 unspecified atom stereocenters. The first-order valence-electron chi connectivity index (χ1n) is 9.95. The summed E-state index contributed by atoms with van der Waals surface area (Å²) in [5.74, 6) is -1.04. The van der Waals surface area contributed by atoms with Crippen molar-refractivity contribution in [3.63, 3.8) is 0 Å². The van der Waals surface area contributed by atoms with Crippen molar-refractivity contribution >= 4 is 39.0 Å². The van der Waals surface area contributed by atoms with Crippen molar-refractivity contribution in [1.82, 2.24) is 0 Å². The maximum Gasteiger partial charge on any atom is 0.269 e. The number of halogens is 1. The van der Waals surface area contributed by atoms with Gasteiger partial charge in [-0.15, -0.1) is 0 Å². The van der Waals surface area contributed by atoms with Crippen molar-refractivity contribution in [3.8, 4) is 0 Å². The summed E-state index contributed by atoms with van der Waals surface area (Å²) < 4.78 is 0.676. The number of nitro benzene ring substituents is 1. The molecule has 8 heteroatoms. The van der Waals surface area contributed by atoms with E-state index >= 15 is 0 Å². The van der Waals surface area contributed by atoms with Gasteiger partial charge >= 0.3 is 0 Å². The Morgan fingerprint density at radius 1 is 1.06 bits per heavy atom. The predicted octanol–water partition coefficient (Wildman–Crippen LogP) is 4.41. The third-order valence-corrected chi connectivity index (χ3v) is 6.07. The Morgan fingerprint density at radius 3 is 2.41 bits per heavy atom. The number of hydrogen-bond donors (Lipinski definition) is 1. The number of aliphatic hydroxyl groups is 1. The lowest BCUT2D eigenvalue weighted by atomic mass is 9.88. The highest BCUT2D eigenvalue weighted by molar-refractivity contribution is 9.10. The highest BCUT2D eigenvalue weighted by Gasteiger charge is 2.50. The summed E-state index contributed by atoms with van der Waals surface area (Å²) in [4.78, 5) is 38.1. The fraction of sp³-hybridized carbons (Fsp3) is 0.167. The number of carbonyl (C=O) groups is 2. The Bertz CT molecular complexity index is 1200. The van der Waals surface area contributed by atoms with E-state index in [1.807, 2.05) is 30.3 Å². The zero-order valence-electron chi connectivity index (χ0n) is 16.9. The molecule has 1 aliphatic heterocycles. The lowest BCUT2D eigenvalue weighted by molar-refractivity contribution is -0.384. The van der Waals surface area contributed by atoms with Crippen LogP contribution in [-0.2, 0) is 16.8 Å². The summed E-state index contributed by atoms with van der Waals surface area (Å²) in [6.45, 7) is 0.353. The second-order valence-corrected chi connectivity index (χ2v) is 8.53.